The number of hydrogen-bond acceptors (Lipinski definition) is 3. The summed E-state index contributed by atoms with van der Waals surface area (Å²) < 4.78 is 0.676. The van der Waals surface area contributed by atoms with Gasteiger partial charge in [-0.3, -0.25) is 4.79 Å². The first-order valence-corrected chi connectivity index (χ1v) is 7.29. The maximum atomic E-state index is 11.9. The summed E-state index contributed by atoms with van der Waals surface area (Å²) in [4.78, 5) is 11.9. The topological polar surface area (TPSA) is 61.7 Å². The Kier molecular flexibility index (Phi) is 5.22. The lowest BCUT2D eigenvalue weighted by Crippen LogP contribution is -2.17. The van der Waals surface area contributed by atoms with Gasteiger partial charge in [0, 0.05) is 15.1 Å². The molecule has 0 aliphatic carbocycles. The summed E-state index contributed by atoms with van der Waals surface area (Å²) in [5.74, 6) is -0.662. The highest BCUT2D eigenvalue weighted by Crippen LogP contribution is 2.22. The molecule has 0 spiro atoms. The number of carbonyl (C=O) groups excluding carboxylic acids is 1. The monoisotopic (exact) mass is 386 g/mol. The van der Waals surface area contributed by atoms with Crippen LogP contribution in [0.2, 0.25) is 10.0 Å². The number of hydrogen-bond donors (Lipinski definition) is 2. The second-order valence-electron chi connectivity index (χ2n) is 4.03. The van der Waals surface area contributed by atoms with Gasteiger partial charge in [-0.25, -0.2) is 5.43 Å². The van der Waals surface area contributed by atoms with Crippen LogP contribution in [0.15, 0.2) is 46.0 Å². The molecule has 0 saturated carbocycles. The molecule has 0 radical (unpaired) electrons. The quantitative estimate of drug-likeness (QED) is 0.611. The molecule has 0 unspecified atom stereocenters. The van der Waals surface area contributed by atoms with E-state index in [0.717, 1.165) is 0 Å². The van der Waals surface area contributed by atoms with Gasteiger partial charge in [0.1, 0.15) is 5.75 Å². The van der Waals surface area contributed by atoms with Crippen LogP contribution in [0.25, 0.3) is 0 Å². The van der Waals surface area contributed by atoms with Crippen LogP contribution in [0.5, 0.6) is 5.75 Å². The molecule has 0 heterocycles. The van der Waals surface area contributed by atoms with Crippen molar-refractivity contribution >= 4 is 51.3 Å². The van der Waals surface area contributed by atoms with Gasteiger partial charge in [0.2, 0.25) is 0 Å². The number of hydrazone groups is 1. The minimum atomic E-state index is -0.532. The Balaban J connectivity index is 2.10. The first-order valence-electron chi connectivity index (χ1n) is 5.74. The molecule has 2 aromatic carbocycles. The fourth-order valence-corrected chi connectivity index (χ4v) is 2.34. The third kappa shape index (κ3) is 4.20. The van der Waals surface area contributed by atoms with Crippen LogP contribution in [0, 0.1) is 0 Å². The predicted octanol–water partition coefficient (Wildman–Crippen LogP) is 4.23. The zero-order valence-electron chi connectivity index (χ0n) is 10.5. The number of phenols is 1. The Hall–Kier alpha value is -1.56. The van der Waals surface area contributed by atoms with Crippen molar-refractivity contribution in [2.75, 3.05) is 0 Å². The molecule has 0 bridgehead atoms. The molecule has 2 N–H and O–H groups in total. The molecule has 0 aliphatic heterocycles. The molecule has 108 valence electrons. The Morgan fingerprint density at radius 1 is 1.24 bits per heavy atom. The van der Waals surface area contributed by atoms with E-state index in [1.54, 1.807) is 24.3 Å². The highest BCUT2D eigenvalue weighted by Gasteiger charge is 2.10. The number of amides is 1. The number of phenolic OH excluding ortho intramolecular Hbond substituents is 1. The normalized spacial score (nSPS) is 10.8. The maximum absolute atomic E-state index is 11.9. The van der Waals surface area contributed by atoms with Crippen molar-refractivity contribution in [3.63, 3.8) is 0 Å². The Morgan fingerprint density at radius 3 is 2.71 bits per heavy atom. The molecule has 0 aromatic heterocycles. The summed E-state index contributed by atoms with van der Waals surface area (Å²) in [6.45, 7) is 0. The van der Waals surface area contributed by atoms with Crippen molar-refractivity contribution in [1.82, 2.24) is 5.43 Å². The third-order valence-corrected chi connectivity index (χ3v) is 3.59. The number of aromatic hydroxyl groups is 1. The number of halogens is 3. The van der Waals surface area contributed by atoms with Gasteiger partial charge in [-0.15, -0.1) is 0 Å². The largest absolute Gasteiger partial charge is 0.507 e. The molecule has 7 heteroatoms. The fraction of sp³-hybridized carbons (Fsp3) is 0. The lowest BCUT2D eigenvalue weighted by Gasteiger charge is -2.03. The van der Waals surface area contributed by atoms with E-state index in [1.807, 2.05) is 0 Å². The maximum Gasteiger partial charge on any atom is 0.275 e. The standard InChI is InChI=1S/C14H9BrCl2N2O2/c15-9-2-4-13(20)11(5-9)14(21)19-18-7-8-1-3-10(16)6-12(8)17/h1-7,20H,(H,19,21)/b18-7+. The molecule has 21 heavy (non-hydrogen) atoms. The summed E-state index contributed by atoms with van der Waals surface area (Å²) >= 11 is 15.0. The van der Waals surface area contributed by atoms with Crippen molar-refractivity contribution in [2.45, 2.75) is 0 Å². The molecule has 0 atom stereocenters. The van der Waals surface area contributed by atoms with Crippen LogP contribution < -0.4 is 5.43 Å². The average Bonchev–Trinajstić information content (AvgIpc) is 2.43. The first-order chi connectivity index (χ1) is 9.97. The molecule has 0 fully saturated rings. The van der Waals surface area contributed by atoms with E-state index in [9.17, 15) is 9.90 Å². The Morgan fingerprint density at radius 2 is 2.00 bits per heavy atom. The number of rotatable bonds is 3. The molecule has 2 rings (SSSR count). The fourth-order valence-electron chi connectivity index (χ4n) is 1.52. The van der Waals surface area contributed by atoms with Crippen LogP contribution in [-0.4, -0.2) is 17.2 Å². The van der Waals surface area contributed by atoms with E-state index in [2.05, 4.69) is 26.5 Å². The molecule has 4 nitrogen and oxygen atoms in total. The highest BCUT2D eigenvalue weighted by atomic mass is 79.9. The molecule has 1 amide bonds. The van der Waals surface area contributed by atoms with E-state index < -0.39 is 5.91 Å². The predicted molar refractivity (Wildman–Crippen MR) is 87.3 cm³/mol. The van der Waals surface area contributed by atoms with Crippen LogP contribution in [-0.2, 0) is 0 Å². The Bertz CT molecular complexity index is 720. The third-order valence-electron chi connectivity index (χ3n) is 2.54. The second-order valence-corrected chi connectivity index (χ2v) is 5.79. The first kappa shape index (κ1) is 15.8. The average molecular weight is 388 g/mol. The lowest BCUT2D eigenvalue weighted by molar-refractivity contribution is 0.0952. The molecular formula is C14H9BrCl2N2O2. The van der Waals surface area contributed by atoms with Crippen molar-refractivity contribution < 1.29 is 9.90 Å². The van der Waals surface area contributed by atoms with E-state index in [-0.39, 0.29) is 11.3 Å². The van der Waals surface area contributed by atoms with Gasteiger partial charge >= 0.3 is 0 Å². The summed E-state index contributed by atoms with van der Waals surface area (Å²) in [6.07, 6.45) is 1.39. The van der Waals surface area contributed by atoms with Crippen molar-refractivity contribution in [2.24, 2.45) is 5.10 Å². The van der Waals surface area contributed by atoms with Crippen molar-refractivity contribution in [3.05, 3.63) is 62.0 Å². The summed E-state index contributed by atoms with van der Waals surface area (Å²) in [7, 11) is 0. The smallest absolute Gasteiger partial charge is 0.275 e. The van der Waals surface area contributed by atoms with E-state index in [4.69, 9.17) is 23.2 Å². The molecule has 0 aliphatic rings. The van der Waals surface area contributed by atoms with Gasteiger partial charge in [-0.05, 0) is 30.3 Å². The molecule has 2 aromatic rings. The van der Waals surface area contributed by atoms with Crippen LogP contribution >= 0.6 is 39.1 Å². The molecule has 0 saturated heterocycles. The minimum Gasteiger partial charge on any atom is -0.507 e. The van der Waals surface area contributed by atoms with Crippen molar-refractivity contribution in [1.29, 1.82) is 0 Å². The number of nitrogens with zero attached hydrogens (tertiary/aromatic N) is 1. The van der Waals surface area contributed by atoms with Gasteiger partial charge < -0.3 is 5.11 Å². The second kappa shape index (κ2) is 6.93. The zero-order valence-corrected chi connectivity index (χ0v) is 13.6. The minimum absolute atomic E-state index is 0.115. The summed E-state index contributed by atoms with van der Waals surface area (Å²) in [5.41, 5.74) is 3.04. The van der Waals surface area contributed by atoms with E-state index >= 15 is 0 Å². The zero-order chi connectivity index (χ0) is 15.4. The van der Waals surface area contributed by atoms with Gasteiger partial charge in [0.15, 0.2) is 0 Å². The van der Waals surface area contributed by atoms with Gasteiger partial charge in [0.05, 0.1) is 16.8 Å². The van der Waals surface area contributed by atoms with Crippen LogP contribution in [0.3, 0.4) is 0 Å². The highest BCUT2D eigenvalue weighted by molar-refractivity contribution is 9.10. The summed E-state index contributed by atoms with van der Waals surface area (Å²) in [5, 5.41) is 14.4. The van der Waals surface area contributed by atoms with Crippen LogP contribution in [0.1, 0.15) is 15.9 Å². The van der Waals surface area contributed by atoms with Gasteiger partial charge in [-0.2, -0.15) is 5.10 Å². The summed E-state index contributed by atoms with van der Waals surface area (Å²) in [6, 6.07) is 9.46. The number of benzene rings is 2. The van der Waals surface area contributed by atoms with Gasteiger partial charge in [-0.1, -0.05) is 45.2 Å². The number of carbonyl (C=O) groups is 1. The number of nitrogens with one attached hydrogen (secondary N) is 1. The molecular weight excluding hydrogens is 379 g/mol. The van der Waals surface area contributed by atoms with Gasteiger partial charge in [0.25, 0.3) is 5.91 Å². The van der Waals surface area contributed by atoms with Crippen molar-refractivity contribution in [3.8, 4) is 5.75 Å². The van der Waals surface area contributed by atoms with E-state index in [0.29, 0.717) is 20.1 Å². The Labute approximate surface area is 139 Å². The SMILES string of the molecule is O=C(N/N=C/c1ccc(Cl)cc1Cl)c1cc(Br)ccc1O. The van der Waals surface area contributed by atoms with E-state index in [1.165, 1.54) is 18.3 Å². The lowest BCUT2D eigenvalue weighted by atomic mass is 10.2. The van der Waals surface area contributed by atoms with Crippen LogP contribution in [0.4, 0.5) is 0 Å².